The van der Waals surface area contributed by atoms with Crippen molar-refractivity contribution in [1.29, 1.82) is 0 Å². The molecule has 0 aromatic heterocycles. The lowest BCUT2D eigenvalue weighted by atomic mass is 9.96. The molecule has 27 heavy (non-hydrogen) atoms. The predicted octanol–water partition coefficient (Wildman–Crippen LogP) is 3.18. The second-order valence-corrected chi connectivity index (χ2v) is 7.04. The van der Waals surface area contributed by atoms with Gasteiger partial charge in [0.15, 0.2) is 6.10 Å². The maximum atomic E-state index is 12.2. The summed E-state index contributed by atoms with van der Waals surface area (Å²) in [6, 6.07) is 6.01. The Balaban J connectivity index is 1.80. The summed E-state index contributed by atoms with van der Waals surface area (Å²) in [5.74, 6) is -0.649. The van der Waals surface area contributed by atoms with Gasteiger partial charge in [0.1, 0.15) is 5.75 Å². The molecule has 1 aromatic carbocycles. The van der Waals surface area contributed by atoms with E-state index in [0.29, 0.717) is 11.3 Å². The molecule has 148 valence electrons. The molecular formula is C20H28N2O5. The minimum Gasteiger partial charge on any atom is -0.491 e. The molecule has 0 bridgehead atoms. The van der Waals surface area contributed by atoms with E-state index in [0.717, 1.165) is 25.7 Å². The average molecular weight is 376 g/mol. The molecule has 0 saturated heterocycles. The first-order valence-corrected chi connectivity index (χ1v) is 9.44. The molecule has 0 heterocycles. The maximum absolute atomic E-state index is 12.2. The van der Waals surface area contributed by atoms with Gasteiger partial charge < -0.3 is 14.8 Å². The van der Waals surface area contributed by atoms with Gasteiger partial charge in [0.25, 0.3) is 5.91 Å². The van der Waals surface area contributed by atoms with Crippen LogP contribution in [0, 0.1) is 0 Å². The first-order chi connectivity index (χ1) is 12.8. The van der Waals surface area contributed by atoms with Crippen LogP contribution in [0.5, 0.6) is 5.75 Å². The lowest BCUT2D eigenvalue weighted by Gasteiger charge is -2.23. The van der Waals surface area contributed by atoms with Gasteiger partial charge in [-0.3, -0.25) is 10.1 Å². The zero-order valence-electron chi connectivity index (χ0n) is 16.1. The van der Waals surface area contributed by atoms with Crippen molar-refractivity contribution in [1.82, 2.24) is 10.6 Å². The Bertz CT molecular complexity index is 651. The normalized spacial score (nSPS) is 15.7. The Morgan fingerprint density at radius 3 is 2.22 bits per heavy atom. The smallest absolute Gasteiger partial charge is 0.338 e. The van der Waals surface area contributed by atoms with Gasteiger partial charge in [0.05, 0.1) is 11.7 Å². The van der Waals surface area contributed by atoms with E-state index >= 15 is 0 Å². The van der Waals surface area contributed by atoms with Crippen LogP contribution in [0.25, 0.3) is 0 Å². The molecule has 2 rings (SSSR count). The summed E-state index contributed by atoms with van der Waals surface area (Å²) in [7, 11) is 0. The third kappa shape index (κ3) is 6.92. The van der Waals surface area contributed by atoms with Crippen molar-refractivity contribution in [2.45, 2.75) is 71.1 Å². The van der Waals surface area contributed by atoms with Crippen molar-refractivity contribution >= 4 is 17.9 Å². The van der Waals surface area contributed by atoms with Crippen molar-refractivity contribution in [3.05, 3.63) is 29.8 Å². The Kier molecular flexibility index (Phi) is 7.64. The molecule has 1 saturated carbocycles. The summed E-state index contributed by atoms with van der Waals surface area (Å²) in [6.45, 7) is 5.25. The van der Waals surface area contributed by atoms with Crippen LogP contribution in [-0.2, 0) is 9.53 Å². The highest BCUT2D eigenvalue weighted by Crippen LogP contribution is 2.17. The topological polar surface area (TPSA) is 93.7 Å². The minimum atomic E-state index is -1.08. The van der Waals surface area contributed by atoms with E-state index in [-0.39, 0.29) is 12.1 Å². The zero-order valence-corrected chi connectivity index (χ0v) is 16.1. The van der Waals surface area contributed by atoms with E-state index in [1.165, 1.54) is 13.3 Å². The van der Waals surface area contributed by atoms with E-state index in [9.17, 15) is 14.4 Å². The quantitative estimate of drug-likeness (QED) is 0.744. The largest absolute Gasteiger partial charge is 0.491 e. The molecule has 0 aliphatic heterocycles. The second-order valence-electron chi connectivity index (χ2n) is 7.04. The summed E-state index contributed by atoms with van der Waals surface area (Å²) in [4.78, 5) is 36.1. The van der Waals surface area contributed by atoms with Crippen molar-refractivity contribution in [3.8, 4) is 5.75 Å². The van der Waals surface area contributed by atoms with Crippen LogP contribution in [0.4, 0.5) is 4.79 Å². The fraction of sp³-hybridized carbons (Fsp3) is 0.550. The monoisotopic (exact) mass is 376 g/mol. The van der Waals surface area contributed by atoms with Gasteiger partial charge in [-0.05, 0) is 57.9 Å². The number of rotatable bonds is 6. The third-order valence-corrected chi connectivity index (χ3v) is 4.29. The van der Waals surface area contributed by atoms with E-state index < -0.39 is 24.0 Å². The molecule has 1 aromatic rings. The number of benzene rings is 1. The van der Waals surface area contributed by atoms with E-state index in [4.69, 9.17) is 9.47 Å². The van der Waals surface area contributed by atoms with Crippen molar-refractivity contribution < 1.29 is 23.9 Å². The fourth-order valence-corrected chi connectivity index (χ4v) is 2.91. The van der Waals surface area contributed by atoms with Gasteiger partial charge in [-0.2, -0.15) is 0 Å². The molecule has 7 heteroatoms. The molecule has 1 aliphatic carbocycles. The van der Waals surface area contributed by atoms with E-state index in [2.05, 4.69) is 10.6 Å². The summed E-state index contributed by atoms with van der Waals surface area (Å²) in [5, 5.41) is 5.01. The highest BCUT2D eigenvalue weighted by molar-refractivity contribution is 5.98. The number of amides is 3. The van der Waals surface area contributed by atoms with Gasteiger partial charge in [-0.15, -0.1) is 0 Å². The molecule has 0 radical (unpaired) electrons. The van der Waals surface area contributed by atoms with Gasteiger partial charge in [-0.25, -0.2) is 9.59 Å². The fourth-order valence-electron chi connectivity index (χ4n) is 2.91. The molecule has 1 aliphatic rings. The van der Waals surface area contributed by atoms with Crippen LogP contribution >= 0.6 is 0 Å². The average Bonchev–Trinajstić information content (AvgIpc) is 2.62. The highest BCUT2D eigenvalue weighted by Gasteiger charge is 2.22. The van der Waals surface area contributed by atoms with Crippen molar-refractivity contribution in [2.75, 3.05) is 0 Å². The molecule has 7 nitrogen and oxygen atoms in total. The first kappa shape index (κ1) is 20.7. The first-order valence-electron chi connectivity index (χ1n) is 9.44. The van der Waals surface area contributed by atoms with E-state index in [1.807, 2.05) is 13.8 Å². The molecule has 0 spiro atoms. The summed E-state index contributed by atoms with van der Waals surface area (Å²) < 4.78 is 10.7. The minimum absolute atomic E-state index is 0.0336. The molecule has 1 fully saturated rings. The lowest BCUT2D eigenvalue weighted by Crippen LogP contribution is -2.48. The number of carbonyl (C=O) groups is 3. The number of carbonyl (C=O) groups excluding carboxylic acids is 3. The Labute approximate surface area is 159 Å². The molecule has 3 amide bonds. The third-order valence-electron chi connectivity index (χ3n) is 4.29. The number of imide groups is 1. The molecule has 0 unspecified atom stereocenters. The number of urea groups is 1. The second kappa shape index (κ2) is 9.94. The number of ether oxygens (including phenoxy) is 2. The SMILES string of the molecule is CC(C)Oc1ccc(C(=O)O[C@H](C)C(=O)NC(=O)NC2CCCCC2)cc1. The Morgan fingerprint density at radius 2 is 1.63 bits per heavy atom. The van der Waals surface area contributed by atoms with Gasteiger partial charge in [0, 0.05) is 6.04 Å². The molecule has 2 N–H and O–H groups in total. The Hall–Kier alpha value is -2.57. The predicted molar refractivity (Wildman–Crippen MR) is 101 cm³/mol. The zero-order chi connectivity index (χ0) is 19.8. The summed E-state index contributed by atoms with van der Waals surface area (Å²) in [5.41, 5.74) is 0.303. The summed E-state index contributed by atoms with van der Waals surface area (Å²) in [6.07, 6.45) is 4.12. The van der Waals surface area contributed by atoms with Crippen LogP contribution in [0.3, 0.4) is 0 Å². The Morgan fingerprint density at radius 1 is 1.00 bits per heavy atom. The van der Waals surface area contributed by atoms with Crippen LogP contribution in [0.1, 0.15) is 63.2 Å². The highest BCUT2D eigenvalue weighted by atomic mass is 16.5. The number of hydrogen-bond donors (Lipinski definition) is 2. The van der Waals surface area contributed by atoms with Crippen LogP contribution in [-0.4, -0.2) is 36.2 Å². The van der Waals surface area contributed by atoms with Crippen LogP contribution < -0.4 is 15.4 Å². The lowest BCUT2D eigenvalue weighted by molar-refractivity contribution is -0.127. The summed E-state index contributed by atoms with van der Waals surface area (Å²) >= 11 is 0. The molecule has 1 atom stereocenters. The number of esters is 1. The molecular weight excluding hydrogens is 348 g/mol. The van der Waals surface area contributed by atoms with Crippen molar-refractivity contribution in [2.24, 2.45) is 0 Å². The maximum Gasteiger partial charge on any atom is 0.338 e. The van der Waals surface area contributed by atoms with Gasteiger partial charge in [-0.1, -0.05) is 19.3 Å². The van der Waals surface area contributed by atoms with Gasteiger partial charge >= 0.3 is 12.0 Å². The standard InChI is InChI=1S/C20H28N2O5/c1-13(2)26-17-11-9-15(10-12-17)19(24)27-14(3)18(23)22-20(25)21-16-7-5-4-6-8-16/h9-14,16H,4-8H2,1-3H3,(H2,21,22,23,25)/t14-/m1/s1. The number of nitrogens with one attached hydrogen (secondary N) is 2. The van der Waals surface area contributed by atoms with Crippen LogP contribution in [0.2, 0.25) is 0 Å². The van der Waals surface area contributed by atoms with Gasteiger partial charge in [0.2, 0.25) is 0 Å². The van der Waals surface area contributed by atoms with Crippen molar-refractivity contribution in [3.63, 3.8) is 0 Å². The van der Waals surface area contributed by atoms with E-state index in [1.54, 1.807) is 24.3 Å². The van der Waals surface area contributed by atoms with Crippen LogP contribution in [0.15, 0.2) is 24.3 Å². The number of hydrogen-bond acceptors (Lipinski definition) is 5.